The van der Waals surface area contributed by atoms with Crippen LogP contribution in [0.1, 0.15) is 39.9 Å². The van der Waals surface area contributed by atoms with Gasteiger partial charge in [-0.2, -0.15) is 0 Å². The van der Waals surface area contributed by atoms with Gasteiger partial charge in [0.1, 0.15) is 11.6 Å². The Bertz CT molecular complexity index is 587. The zero-order chi connectivity index (χ0) is 14.8. The Morgan fingerprint density at radius 1 is 1.25 bits per heavy atom. The molecule has 0 unspecified atom stereocenters. The highest BCUT2D eigenvalue weighted by molar-refractivity contribution is 7.19. The zero-order valence-corrected chi connectivity index (χ0v) is 13.9. The zero-order valence-electron chi connectivity index (χ0n) is 12.3. The van der Waals surface area contributed by atoms with Crippen molar-refractivity contribution in [3.63, 3.8) is 0 Å². The molecule has 0 bridgehead atoms. The lowest BCUT2D eigenvalue weighted by atomic mass is 9.95. The smallest absolute Gasteiger partial charge is 0.136 e. The second kappa shape index (κ2) is 6.10. The van der Waals surface area contributed by atoms with Gasteiger partial charge in [-0.25, -0.2) is 9.97 Å². The minimum atomic E-state index is -0.0836. The average molecular weight is 310 g/mol. The number of nitrogens with one attached hydrogen (secondary N) is 1. The Morgan fingerprint density at radius 3 is 2.55 bits per heavy atom. The molecule has 2 heterocycles. The highest BCUT2D eigenvalue weighted by Gasteiger charge is 2.20. The number of thiophene rings is 1. The lowest BCUT2D eigenvalue weighted by Crippen LogP contribution is -2.17. The van der Waals surface area contributed by atoms with E-state index in [1.54, 1.807) is 11.3 Å². The summed E-state index contributed by atoms with van der Waals surface area (Å²) in [5.41, 5.74) is 0.847. The topological polar surface area (TPSA) is 37.8 Å². The van der Waals surface area contributed by atoms with Gasteiger partial charge in [-0.1, -0.05) is 39.3 Å². The Hall–Kier alpha value is -1.13. The third-order valence-electron chi connectivity index (χ3n) is 2.78. The van der Waals surface area contributed by atoms with Gasteiger partial charge >= 0.3 is 0 Å². The maximum absolute atomic E-state index is 6.02. The SMILES string of the molecule is CCCNc1cc(-c2ccc(Cl)s2)nc(C(C)(C)C)n1. The highest BCUT2D eigenvalue weighted by Crippen LogP contribution is 2.32. The molecule has 5 heteroatoms. The van der Waals surface area contributed by atoms with Crippen LogP contribution in [0, 0.1) is 0 Å². The van der Waals surface area contributed by atoms with Crippen molar-refractivity contribution in [3.8, 4) is 10.6 Å². The molecule has 20 heavy (non-hydrogen) atoms. The fraction of sp³-hybridized carbons (Fsp3) is 0.467. The molecule has 0 saturated carbocycles. The summed E-state index contributed by atoms with van der Waals surface area (Å²) in [5.74, 6) is 1.73. The van der Waals surface area contributed by atoms with E-state index in [1.165, 1.54) is 0 Å². The van der Waals surface area contributed by atoms with Crippen LogP contribution in [0.3, 0.4) is 0 Å². The highest BCUT2D eigenvalue weighted by atomic mass is 35.5. The molecule has 0 fully saturated rings. The third kappa shape index (κ3) is 3.70. The van der Waals surface area contributed by atoms with Crippen LogP contribution >= 0.6 is 22.9 Å². The molecule has 0 aliphatic heterocycles. The standard InChI is InChI=1S/C15H20ClN3S/c1-5-8-17-13-9-10(11-6-7-12(16)20-11)18-14(19-13)15(2,3)4/h6-7,9H,5,8H2,1-4H3,(H,17,18,19). The summed E-state index contributed by atoms with van der Waals surface area (Å²) >= 11 is 7.56. The molecule has 1 N–H and O–H groups in total. The minimum Gasteiger partial charge on any atom is -0.370 e. The van der Waals surface area contributed by atoms with Crippen molar-refractivity contribution in [2.45, 2.75) is 39.5 Å². The van der Waals surface area contributed by atoms with Crippen molar-refractivity contribution in [2.24, 2.45) is 0 Å². The van der Waals surface area contributed by atoms with E-state index in [9.17, 15) is 0 Å². The fourth-order valence-electron chi connectivity index (χ4n) is 1.70. The normalized spacial score (nSPS) is 11.7. The van der Waals surface area contributed by atoms with Gasteiger partial charge in [0, 0.05) is 18.0 Å². The molecular weight excluding hydrogens is 290 g/mol. The maximum atomic E-state index is 6.02. The quantitative estimate of drug-likeness (QED) is 0.865. The summed E-state index contributed by atoms with van der Waals surface area (Å²) in [5, 5.41) is 3.34. The van der Waals surface area contributed by atoms with Crippen LogP contribution < -0.4 is 5.32 Å². The first-order valence-corrected chi connectivity index (χ1v) is 7.98. The largest absolute Gasteiger partial charge is 0.370 e. The van der Waals surface area contributed by atoms with E-state index in [4.69, 9.17) is 16.6 Å². The maximum Gasteiger partial charge on any atom is 0.136 e. The van der Waals surface area contributed by atoms with Crippen LogP contribution in [0.5, 0.6) is 0 Å². The second-order valence-corrected chi connectivity index (χ2v) is 7.46. The number of halogens is 1. The van der Waals surface area contributed by atoms with Gasteiger partial charge in [0.15, 0.2) is 0 Å². The van der Waals surface area contributed by atoms with Gasteiger partial charge in [-0.3, -0.25) is 0 Å². The van der Waals surface area contributed by atoms with E-state index in [0.29, 0.717) is 0 Å². The lowest BCUT2D eigenvalue weighted by Gasteiger charge is -2.18. The summed E-state index contributed by atoms with van der Waals surface area (Å²) in [7, 11) is 0. The molecule has 0 radical (unpaired) electrons. The molecule has 0 aliphatic rings. The van der Waals surface area contributed by atoms with E-state index >= 15 is 0 Å². The lowest BCUT2D eigenvalue weighted by molar-refractivity contribution is 0.546. The van der Waals surface area contributed by atoms with E-state index in [0.717, 1.165) is 39.5 Å². The van der Waals surface area contributed by atoms with Crippen molar-refractivity contribution >= 4 is 28.8 Å². The third-order valence-corrected chi connectivity index (χ3v) is 4.03. The van der Waals surface area contributed by atoms with Crippen LogP contribution in [0.4, 0.5) is 5.82 Å². The van der Waals surface area contributed by atoms with E-state index in [2.05, 4.69) is 38.0 Å². The first-order valence-electron chi connectivity index (χ1n) is 6.79. The molecule has 0 aromatic carbocycles. The van der Waals surface area contributed by atoms with Crippen molar-refractivity contribution in [3.05, 3.63) is 28.4 Å². The first-order chi connectivity index (χ1) is 9.40. The van der Waals surface area contributed by atoms with Crippen molar-refractivity contribution < 1.29 is 0 Å². The number of anilines is 1. The molecule has 3 nitrogen and oxygen atoms in total. The monoisotopic (exact) mass is 309 g/mol. The fourth-order valence-corrected chi connectivity index (χ4v) is 2.71. The Labute approximate surface area is 129 Å². The minimum absolute atomic E-state index is 0.0836. The molecule has 0 amide bonds. The average Bonchev–Trinajstić information content (AvgIpc) is 2.82. The second-order valence-electron chi connectivity index (χ2n) is 5.74. The number of hydrogen-bond donors (Lipinski definition) is 1. The predicted molar refractivity (Wildman–Crippen MR) is 87.8 cm³/mol. The van der Waals surface area contributed by atoms with Crippen LogP contribution in [-0.4, -0.2) is 16.5 Å². The summed E-state index contributed by atoms with van der Waals surface area (Å²) in [6, 6.07) is 5.90. The molecular formula is C15H20ClN3S. The summed E-state index contributed by atoms with van der Waals surface area (Å²) < 4.78 is 0.777. The van der Waals surface area contributed by atoms with Crippen LogP contribution in [-0.2, 0) is 5.41 Å². The van der Waals surface area contributed by atoms with Gasteiger partial charge in [-0.15, -0.1) is 11.3 Å². The Morgan fingerprint density at radius 2 is 2.00 bits per heavy atom. The molecule has 0 atom stereocenters. The molecule has 2 aromatic heterocycles. The van der Waals surface area contributed by atoms with Gasteiger partial charge in [0.2, 0.25) is 0 Å². The number of hydrogen-bond acceptors (Lipinski definition) is 4. The number of rotatable bonds is 4. The predicted octanol–water partition coefficient (Wildman–Crippen LogP) is 4.98. The van der Waals surface area contributed by atoms with Crippen molar-refractivity contribution in [2.75, 3.05) is 11.9 Å². The van der Waals surface area contributed by atoms with Crippen molar-refractivity contribution in [1.29, 1.82) is 0 Å². The van der Waals surface area contributed by atoms with Gasteiger partial charge in [0.05, 0.1) is 14.9 Å². The summed E-state index contributed by atoms with van der Waals surface area (Å²) in [4.78, 5) is 10.4. The molecule has 0 saturated heterocycles. The molecule has 108 valence electrons. The molecule has 2 rings (SSSR count). The van der Waals surface area contributed by atoms with Gasteiger partial charge < -0.3 is 5.32 Å². The van der Waals surface area contributed by atoms with Crippen molar-refractivity contribution in [1.82, 2.24) is 9.97 Å². The summed E-state index contributed by atoms with van der Waals surface area (Å²) in [6.45, 7) is 9.41. The van der Waals surface area contributed by atoms with E-state index in [1.807, 2.05) is 18.2 Å². The van der Waals surface area contributed by atoms with E-state index in [-0.39, 0.29) is 5.41 Å². The number of nitrogens with zero attached hydrogens (tertiary/aromatic N) is 2. The molecule has 0 aliphatic carbocycles. The van der Waals surface area contributed by atoms with Crippen LogP contribution in [0.15, 0.2) is 18.2 Å². The Balaban J connectivity index is 2.45. The first kappa shape index (κ1) is 15.3. The number of aromatic nitrogens is 2. The van der Waals surface area contributed by atoms with Gasteiger partial charge in [0.25, 0.3) is 0 Å². The molecule has 2 aromatic rings. The summed E-state index contributed by atoms with van der Waals surface area (Å²) in [6.07, 6.45) is 1.06. The van der Waals surface area contributed by atoms with Crippen LogP contribution in [0.2, 0.25) is 4.34 Å². The van der Waals surface area contributed by atoms with Gasteiger partial charge in [-0.05, 0) is 18.6 Å². The molecule has 0 spiro atoms. The Kier molecular flexibility index (Phi) is 4.66. The van der Waals surface area contributed by atoms with Crippen LogP contribution in [0.25, 0.3) is 10.6 Å². The van der Waals surface area contributed by atoms with E-state index < -0.39 is 0 Å².